The molecule has 1 fully saturated rings. The number of methoxy groups -OCH3 is 1. The lowest BCUT2D eigenvalue weighted by Gasteiger charge is -2.35. The molecule has 0 atom stereocenters. The highest BCUT2D eigenvalue weighted by Crippen LogP contribution is 2.40. The van der Waals surface area contributed by atoms with Gasteiger partial charge in [0, 0.05) is 73.8 Å². The molecule has 13 heteroatoms. The number of halogens is 1. The highest BCUT2D eigenvalue weighted by molar-refractivity contribution is 6.05. The summed E-state index contributed by atoms with van der Waals surface area (Å²) in [5, 5.41) is 9.31. The number of nitrogens with one attached hydrogen (secondary N) is 1. The number of H-pyrrole nitrogens is 1. The molecule has 52 heavy (non-hydrogen) atoms. The molecule has 5 heterocycles. The SMILES string of the molecule is COc1ccccc1-c1cc(C2=CCCN(C(=O)CCn3ccnn3)C2)c(F)c2[nH]c(C(=O)N3CCN(c4nc(C)nc5ccccc45)CC3)cc12. The zero-order valence-corrected chi connectivity index (χ0v) is 29.0. The van der Waals surface area contributed by atoms with E-state index >= 15 is 4.39 Å². The maximum absolute atomic E-state index is 16.7. The fourth-order valence-corrected chi connectivity index (χ4v) is 7.28. The van der Waals surface area contributed by atoms with Crippen molar-refractivity contribution in [2.75, 3.05) is 51.3 Å². The molecule has 1 saturated heterocycles. The second-order valence-electron chi connectivity index (χ2n) is 13.1. The third-order valence-electron chi connectivity index (χ3n) is 9.92. The van der Waals surface area contributed by atoms with Crippen molar-refractivity contribution < 1.29 is 18.7 Å². The first kappa shape index (κ1) is 33.1. The Morgan fingerprint density at radius 1 is 0.904 bits per heavy atom. The van der Waals surface area contributed by atoms with Crippen LogP contribution >= 0.6 is 0 Å². The van der Waals surface area contributed by atoms with Crippen molar-refractivity contribution in [3.8, 4) is 16.9 Å². The van der Waals surface area contributed by atoms with E-state index in [1.54, 1.807) is 40.1 Å². The molecule has 2 amide bonds. The van der Waals surface area contributed by atoms with Crippen molar-refractivity contribution in [3.63, 3.8) is 0 Å². The Kier molecular flexibility index (Phi) is 8.83. The number of carbonyl (C=O) groups excluding carboxylic acids is 2. The molecule has 2 aliphatic heterocycles. The molecular formula is C39H38FN9O3. The number of aromatic amines is 1. The standard InChI is InChI=1S/C39H38FN9O3/c1-25-42-32-11-5-3-10-28(32)38(43-25)46-18-20-47(21-19-46)39(51)33-23-31-30(27-9-4-6-12-34(27)52-2)22-29(36(40)37(31)44-33)26-8-7-15-48(24-26)35(50)13-16-49-17-14-41-45-49/h3-6,8-12,14,17,22-23,44H,7,13,15-16,18-21,24H2,1-2H3. The number of para-hydroxylation sites is 2. The number of hydrogen-bond donors (Lipinski definition) is 1. The van der Waals surface area contributed by atoms with Crippen LogP contribution < -0.4 is 9.64 Å². The van der Waals surface area contributed by atoms with Crippen LogP contribution in [0.3, 0.4) is 0 Å². The van der Waals surface area contributed by atoms with E-state index in [9.17, 15) is 9.59 Å². The summed E-state index contributed by atoms with van der Waals surface area (Å²) < 4.78 is 24.1. The molecule has 264 valence electrons. The Hall–Kier alpha value is -6.11. The molecule has 3 aromatic carbocycles. The number of rotatable bonds is 8. The molecular weight excluding hydrogens is 661 g/mol. The van der Waals surface area contributed by atoms with E-state index in [2.05, 4.69) is 25.2 Å². The summed E-state index contributed by atoms with van der Waals surface area (Å²) in [5.41, 5.74) is 4.02. The number of amides is 2. The molecule has 0 aliphatic carbocycles. The number of piperazine rings is 1. The van der Waals surface area contributed by atoms with Crippen LogP contribution in [0.2, 0.25) is 0 Å². The van der Waals surface area contributed by atoms with Crippen molar-refractivity contribution in [2.45, 2.75) is 26.3 Å². The van der Waals surface area contributed by atoms with E-state index in [4.69, 9.17) is 9.72 Å². The van der Waals surface area contributed by atoms with E-state index in [1.807, 2.05) is 67.6 Å². The van der Waals surface area contributed by atoms with Gasteiger partial charge in [0.15, 0.2) is 5.82 Å². The highest BCUT2D eigenvalue weighted by atomic mass is 19.1. The smallest absolute Gasteiger partial charge is 0.270 e. The molecule has 3 aromatic heterocycles. The number of benzene rings is 3. The number of aromatic nitrogens is 6. The van der Waals surface area contributed by atoms with E-state index in [0.29, 0.717) is 79.5 Å². The molecule has 0 unspecified atom stereocenters. The summed E-state index contributed by atoms with van der Waals surface area (Å²) in [4.78, 5) is 45.5. The van der Waals surface area contributed by atoms with E-state index in [-0.39, 0.29) is 30.3 Å². The predicted molar refractivity (Wildman–Crippen MR) is 196 cm³/mol. The van der Waals surface area contributed by atoms with Crippen LogP contribution in [-0.4, -0.2) is 97.9 Å². The van der Waals surface area contributed by atoms with Crippen LogP contribution in [0.25, 0.3) is 38.5 Å². The van der Waals surface area contributed by atoms with Crippen LogP contribution in [0.15, 0.2) is 79.1 Å². The second kappa shape index (κ2) is 13.9. The first-order chi connectivity index (χ1) is 25.4. The number of anilines is 1. The third kappa shape index (κ3) is 6.22. The van der Waals surface area contributed by atoms with Gasteiger partial charge in [0.1, 0.15) is 23.1 Å². The van der Waals surface area contributed by atoms with Crippen molar-refractivity contribution in [3.05, 3.63) is 102 Å². The minimum atomic E-state index is -0.466. The van der Waals surface area contributed by atoms with Gasteiger partial charge in [-0.15, -0.1) is 5.10 Å². The Balaban J connectivity index is 1.09. The summed E-state index contributed by atoms with van der Waals surface area (Å²) >= 11 is 0. The van der Waals surface area contributed by atoms with Crippen molar-refractivity contribution in [1.82, 2.24) is 39.7 Å². The predicted octanol–water partition coefficient (Wildman–Crippen LogP) is 5.49. The van der Waals surface area contributed by atoms with Gasteiger partial charge in [0.05, 0.1) is 30.9 Å². The lowest BCUT2D eigenvalue weighted by atomic mass is 9.93. The van der Waals surface area contributed by atoms with Gasteiger partial charge in [-0.2, -0.15) is 0 Å². The fraction of sp³-hybridized carbons (Fsp3) is 0.282. The molecule has 0 spiro atoms. The average molecular weight is 700 g/mol. The molecule has 6 aromatic rings. The summed E-state index contributed by atoms with van der Waals surface area (Å²) in [5.74, 6) is 1.48. The van der Waals surface area contributed by atoms with Gasteiger partial charge in [-0.25, -0.2) is 14.4 Å². The van der Waals surface area contributed by atoms with Gasteiger partial charge in [0.2, 0.25) is 5.91 Å². The molecule has 1 N–H and O–H groups in total. The van der Waals surface area contributed by atoms with Crippen molar-refractivity contribution in [2.24, 2.45) is 0 Å². The lowest BCUT2D eigenvalue weighted by Crippen LogP contribution is -2.49. The largest absolute Gasteiger partial charge is 0.496 e. The number of fused-ring (bicyclic) bond motifs is 2. The molecule has 0 radical (unpaired) electrons. The normalized spacial score (nSPS) is 15.0. The monoisotopic (exact) mass is 699 g/mol. The quantitative estimate of drug-likeness (QED) is 0.221. The van der Waals surface area contributed by atoms with E-state index in [0.717, 1.165) is 27.8 Å². The number of hydrogen-bond acceptors (Lipinski definition) is 8. The van der Waals surface area contributed by atoms with E-state index in [1.165, 1.54) is 0 Å². The fourth-order valence-electron chi connectivity index (χ4n) is 7.28. The first-order valence-electron chi connectivity index (χ1n) is 17.5. The zero-order valence-electron chi connectivity index (χ0n) is 29.0. The highest BCUT2D eigenvalue weighted by Gasteiger charge is 2.28. The average Bonchev–Trinajstić information content (AvgIpc) is 3.88. The van der Waals surface area contributed by atoms with Gasteiger partial charge in [-0.1, -0.05) is 41.6 Å². The molecule has 8 rings (SSSR count). The van der Waals surface area contributed by atoms with Crippen LogP contribution in [-0.2, 0) is 11.3 Å². The van der Waals surface area contributed by atoms with Crippen LogP contribution in [0, 0.1) is 12.7 Å². The number of carbonyl (C=O) groups is 2. The van der Waals surface area contributed by atoms with Gasteiger partial charge < -0.3 is 24.4 Å². The maximum Gasteiger partial charge on any atom is 0.270 e. The molecule has 12 nitrogen and oxygen atoms in total. The third-order valence-corrected chi connectivity index (χ3v) is 9.92. The minimum Gasteiger partial charge on any atom is -0.496 e. The van der Waals surface area contributed by atoms with Crippen molar-refractivity contribution in [1.29, 1.82) is 0 Å². The van der Waals surface area contributed by atoms with Gasteiger partial charge in [-0.05, 0) is 54.8 Å². The molecule has 2 aliphatic rings. The van der Waals surface area contributed by atoms with E-state index < -0.39 is 5.82 Å². The maximum atomic E-state index is 16.7. The number of ether oxygens (including phenoxy) is 1. The topological polar surface area (TPSA) is 125 Å². The van der Waals surface area contributed by atoms with Crippen LogP contribution in [0.1, 0.15) is 34.7 Å². The first-order valence-corrected chi connectivity index (χ1v) is 17.5. The Morgan fingerprint density at radius 3 is 2.52 bits per heavy atom. The molecule has 0 saturated carbocycles. The zero-order chi connectivity index (χ0) is 35.8. The van der Waals surface area contributed by atoms with Crippen LogP contribution in [0.5, 0.6) is 5.75 Å². The van der Waals surface area contributed by atoms with Gasteiger partial charge in [-0.3, -0.25) is 14.3 Å². The molecule has 0 bridgehead atoms. The summed E-state index contributed by atoms with van der Waals surface area (Å²) in [6.07, 6.45) is 6.14. The summed E-state index contributed by atoms with van der Waals surface area (Å²) in [6, 6.07) is 19.1. The minimum absolute atomic E-state index is 0.0385. The van der Waals surface area contributed by atoms with Gasteiger partial charge >= 0.3 is 0 Å². The summed E-state index contributed by atoms with van der Waals surface area (Å²) in [6.45, 7) is 5.26. The van der Waals surface area contributed by atoms with Crippen LogP contribution in [0.4, 0.5) is 10.2 Å². The van der Waals surface area contributed by atoms with Crippen molar-refractivity contribution >= 4 is 45.0 Å². The summed E-state index contributed by atoms with van der Waals surface area (Å²) in [7, 11) is 1.60. The number of aryl methyl sites for hydroxylation is 2. The Morgan fingerprint density at radius 2 is 1.71 bits per heavy atom. The second-order valence-corrected chi connectivity index (χ2v) is 13.1. The Labute approximate surface area is 299 Å². The lowest BCUT2D eigenvalue weighted by molar-refractivity contribution is -0.131. The van der Waals surface area contributed by atoms with Gasteiger partial charge in [0.25, 0.3) is 5.91 Å². The number of nitrogens with zero attached hydrogens (tertiary/aromatic N) is 8. The Bertz CT molecular complexity index is 2330.